The van der Waals surface area contributed by atoms with Crippen LogP contribution in [0.2, 0.25) is 0 Å². The van der Waals surface area contributed by atoms with Gasteiger partial charge in [-0.05, 0) is 200 Å². The third-order valence-corrected chi connectivity index (χ3v) is 21.0. The van der Waals surface area contributed by atoms with E-state index in [1.165, 1.54) is 96.8 Å². The predicted octanol–water partition coefficient (Wildman–Crippen LogP) is 18.2. The highest BCUT2D eigenvalue weighted by Gasteiger charge is 2.54. The SMILES string of the molecule is CC1(C)CCC(C)(C)c2cc(N3c4cc5c(cc4B4c6oc7c(c6N(c6ccc8c(c6)C(C)(C)CCC8(C)C)c6cc(N(c8ccccc8)c8ccccc8)cc3c64)C(C)(C)CCC7(C)C)C(C)(C)CCC5(C)C)ccc21. The quantitative estimate of drug-likeness (QED) is 0.160. The number of rotatable bonds is 5. The normalized spacial score (nSPS) is 21.6. The number of hydrogen-bond acceptors (Lipinski definition) is 4. The van der Waals surface area contributed by atoms with Gasteiger partial charge in [0.15, 0.2) is 0 Å². The maximum absolute atomic E-state index is 7.97. The Kier molecular flexibility index (Phi) is 10.7. The van der Waals surface area contributed by atoms with Crippen LogP contribution in [0, 0.1) is 0 Å². The highest BCUT2D eigenvalue weighted by Crippen LogP contribution is 2.58. The summed E-state index contributed by atoms with van der Waals surface area (Å²) in [4.78, 5) is 7.94. The van der Waals surface area contributed by atoms with Crippen LogP contribution in [0.5, 0.6) is 0 Å². The fourth-order valence-electron chi connectivity index (χ4n) is 15.5. The molecule has 396 valence electrons. The summed E-state index contributed by atoms with van der Waals surface area (Å²) >= 11 is 0. The second-order valence-electron chi connectivity index (χ2n) is 30.0. The summed E-state index contributed by atoms with van der Waals surface area (Å²) in [5.41, 5.74) is 24.8. The molecule has 2 aliphatic heterocycles. The molecule has 0 saturated carbocycles. The molecule has 0 fully saturated rings. The van der Waals surface area contributed by atoms with Crippen LogP contribution in [0.3, 0.4) is 0 Å². The van der Waals surface area contributed by atoms with Gasteiger partial charge >= 0.3 is 0 Å². The molecule has 0 atom stereocenters. The van der Waals surface area contributed by atoms with Crippen molar-refractivity contribution >= 4 is 74.5 Å². The first-order valence-electron chi connectivity index (χ1n) is 29.5. The zero-order valence-corrected chi connectivity index (χ0v) is 49.5. The summed E-state index contributed by atoms with van der Waals surface area (Å²) in [5.74, 6) is 1.16. The van der Waals surface area contributed by atoms with Crippen LogP contribution in [-0.4, -0.2) is 6.71 Å². The first-order valence-corrected chi connectivity index (χ1v) is 29.5. The summed E-state index contributed by atoms with van der Waals surface area (Å²) in [6.07, 6.45) is 9.12. The van der Waals surface area contributed by atoms with E-state index in [0.29, 0.717) is 0 Å². The maximum Gasteiger partial charge on any atom is 0.297 e. The molecule has 0 N–H and O–H groups in total. The van der Waals surface area contributed by atoms with Gasteiger partial charge in [0.2, 0.25) is 0 Å². The Bertz CT molecular complexity index is 3530. The first-order chi connectivity index (χ1) is 36.1. The van der Waals surface area contributed by atoms with Crippen LogP contribution in [0.25, 0.3) is 0 Å². The van der Waals surface area contributed by atoms with Crippen LogP contribution in [0.1, 0.15) is 207 Å². The lowest BCUT2D eigenvalue weighted by atomic mass is 9.35. The Hall–Kier alpha value is -5.94. The van der Waals surface area contributed by atoms with E-state index in [1.54, 1.807) is 0 Å². The van der Waals surface area contributed by atoms with Crippen molar-refractivity contribution in [3.63, 3.8) is 0 Å². The standard InChI is InChI=1S/C72H84BN3O/c1-65(2)31-33-67(5,6)52-39-47(27-29-50(52)65)75-57-44-55-54(69(9,10)35-36-70(55,11)12)43-56(57)73-61-58(75)41-49(74(45-23-19-17-20-24-45)46-25-21-18-22-26-46)42-59(61)76(48-28-30-51-53(40-48)68(7,8)34-32-66(51,3)4)62-60-63(77-64(62)73)72(15,16)38-37-71(60,13)14/h17-30,39-44H,31-38H2,1-16H3. The topological polar surface area (TPSA) is 22.9 Å². The Morgan fingerprint density at radius 1 is 0.377 bits per heavy atom. The number of furan rings is 1. The second-order valence-corrected chi connectivity index (χ2v) is 30.0. The van der Waals surface area contributed by atoms with Gasteiger partial charge in [-0.15, -0.1) is 0 Å². The molecule has 4 aliphatic carbocycles. The van der Waals surface area contributed by atoms with Crippen LogP contribution in [-0.2, 0) is 43.3 Å². The van der Waals surface area contributed by atoms with E-state index in [4.69, 9.17) is 4.42 Å². The molecular weight excluding hydrogens is 934 g/mol. The molecule has 6 aliphatic rings. The number of benzene rings is 6. The fourth-order valence-corrected chi connectivity index (χ4v) is 15.5. The second kappa shape index (κ2) is 16.3. The smallest absolute Gasteiger partial charge is 0.297 e. The molecule has 0 unspecified atom stereocenters. The van der Waals surface area contributed by atoms with Crippen molar-refractivity contribution in [2.75, 3.05) is 14.7 Å². The molecule has 1 aromatic heterocycles. The molecule has 6 aromatic carbocycles. The molecule has 0 bridgehead atoms. The van der Waals surface area contributed by atoms with Gasteiger partial charge in [0.1, 0.15) is 5.76 Å². The van der Waals surface area contributed by atoms with Gasteiger partial charge in [0.25, 0.3) is 6.71 Å². The number of para-hydroxylation sites is 2. The van der Waals surface area contributed by atoms with Crippen molar-refractivity contribution in [3.05, 3.63) is 166 Å². The fraction of sp³-hybridized carbons (Fsp3) is 0.444. The Labute approximate surface area is 462 Å². The lowest BCUT2D eigenvalue weighted by Gasteiger charge is -2.48. The van der Waals surface area contributed by atoms with Gasteiger partial charge in [0, 0.05) is 50.8 Å². The summed E-state index contributed by atoms with van der Waals surface area (Å²) in [5, 5.41) is 0. The average molecular weight is 1020 g/mol. The molecule has 4 nitrogen and oxygen atoms in total. The van der Waals surface area contributed by atoms with E-state index in [1.807, 2.05) is 0 Å². The first kappa shape index (κ1) is 50.6. The van der Waals surface area contributed by atoms with E-state index in [2.05, 4.69) is 247 Å². The molecule has 5 heteroatoms. The van der Waals surface area contributed by atoms with Crippen LogP contribution in [0.4, 0.5) is 51.2 Å². The van der Waals surface area contributed by atoms with Gasteiger partial charge in [-0.2, -0.15) is 0 Å². The van der Waals surface area contributed by atoms with E-state index in [9.17, 15) is 0 Å². The number of fused-ring (bicyclic) bond motifs is 9. The summed E-state index contributed by atoms with van der Waals surface area (Å²) in [6, 6.07) is 47.8. The van der Waals surface area contributed by atoms with Crippen molar-refractivity contribution in [2.45, 2.75) is 205 Å². The lowest BCUT2D eigenvalue weighted by molar-refractivity contribution is 0.282. The Morgan fingerprint density at radius 3 is 1.27 bits per heavy atom. The largest absolute Gasteiger partial charge is 0.472 e. The van der Waals surface area contributed by atoms with E-state index in [-0.39, 0.29) is 50.0 Å². The minimum atomic E-state index is -0.155. The molecular formula is C72H84BN3O. The zero-order valence-electron chi connectivity index (χ0n) is 49.5. The van der Waals surface area contributed by atoms with Crippen LogP contribution >= 0.6 is 0 Å². The predicted molar refractivity (Wildman–Crippen MR) is 329 cm³/mol. The van der Waals surface area contributed by atoms with E-state index >= 15 is 0 Å². The Balaban J connectivity index is 1.22. The van der Waals surface area contributed by atoms with Crippen molar-refractivity contribution in [1.29, 1.82) is 0 Å². The van der Waals surface area contributed by atoms with E-state index in [0.717, 1.165) is 67.0 Å². The number of anilines is 9. The van der Waals surface area contributed by atoms with Crippen molar-refractivity contribution < 1.29 is 4.42 Å². The highest BCUT2D eigenvalue weighted by atomic mass is 16.3. The minimum absolute atomic E-state index is 0.000733. The molecule has 77 heavy (non-hydrogen) atoms. The van der Waals surface area contributed by atoms with E-state index < -0.39 is 0 Å². The molecule has 0 saturated heterocycles. The molecule has 3 heterocycles. The molecule has 0 radical (unpaired) electrons. The Morgan fingerprint density at radius 2 is 0.779 bits per heavy atom. The molecule has 13 rings (SSSR count). The summed E-state index contributed by atoms with van der Waals surface area (Å²) < 4.78 is 7.97. The van der Waals surface area contributed by atoms with Crippen LogP contribution < -0.4 is 31.3 Å². The van der Waals surface area contributed by atoms with Gasteiger partial charge in [0.05, 0.1) is 17.0 Å². The van der Waals surface area contributed by atoms with Crippen molar-refractivity contribution in [1.82, 2.24) is 0 Å². The molecule has 7 aromatic rings. The monoisotopic (exact) mass is 1020 g/mol. The number of nitrogens with zero attached hydrogens (tertiary/aromatic N) is 3. The highest BCUT2D eigenvalue weighted by molar-refractivity contribution is 6.99. The van der Waals surface area contributed by atoms with Gasteiger partial charge in [-0.1, -0.05) is 165 Å². The maximum atomic E-state index is 7.97. The third kappa shape index (κ3) is 7.50. The minimum Gasteiger partial charge on any atom is -0.472 e. The van der Waals surface area contributed by atoms with Crippen molar-refractivity contribution in [3.8, 4) is 0 Å². The van der Waals surface area contributed by atoms with Gasteiger partial charge in [-0.25, -0.2) is 0 Å². The van der Waals surface area contributed by atoms with Gasteiger partial charge in [-0.3, -0.25) is 0 Å². The van der Waals surface area contributed by atoms with Crippen molar-refractivity contribution in [2.24, 2.45) is 0 Å². The molecule has 0 spiro atoms. The molecule has 0 amide bonds. The third-order valence-electron chi connectivity index (χ3n) is 21.0. The zero-order chi connectivity index (χ0) is 54.4. The summed E-state index contributed by atoms with van der Waals surface area (Å²) in [7, 11) is 0. The number of hydrogen-bond donors (Lipinski definition) is 0. The average Bonchev–Trinajstić information content (AvgIpc) is 3.88. The summed E-state index contributed by atoms with van der Waals surface area (Å²) in [6.45, 7) is 39.4. The lowest BCUT2D eigenvalue weighted by Crippen LogP contribution is -2.61. The van der Waals surface area contributed by atoms with Crippen LogP contribution in [0.15, 0.2) is 126 Å². The van der Waals surface area contributed by atoms with Gasteiger partial charge < -0.3 is 19.1 Å².